The Kier molecular flexibility index (Phi) is 8.09. The molecule has 0 saturated carbocycles. The third kappa shape index (κ3) is 6.46. The number of hydrogen-bond donors (Lipinski definition) is 1. The number of piperazine rings is 1. The normalized spacial score (nSPS) is 19.0. The van der Waals surface area contributed by atoms with Crippen LogP contribution in [-0.2, 0) is 4.79 Å². The first kappa shape index (κ1) is 19.3. The maximum absolute atomic E-state index is 12.3. The number of nitrogens with zero attached hydrogens (tertiary/aromatic N) is 2. The minimum atomic E-state index is -0.0623. The van der Waals surface area contributed by atoms with Gasteiger partial charge in [-0.1, -0.05) is 32.0 Å². The molecule has 0 radical (unpaired) electrons. The zero-order valence-corrected chi connectivity index (χ0v) is 16.0. The molecule has 2 rings (SSSR count). The molecule has 5 heteroatoms. The van der Waals surface area contributed by atoms with Crippen LogP contribution < -0.4 is 5.32 Å². The summed E-state index contributed by atoms with van der Waals surface area (Å²) in [5.74, 6) is 0.613. The summed E-state index contributed by atoms with van der Waals surface area (Å²) in [4.78, 5) is 18.4. The van der Waals surface area contributed by atoms with E-state index in [1.165, 1.54) is 13.1 Å². The number of nitrogens with one attached hydrogen (secondary N) is 1. The van der Waals surface area contributed by atoms with Gasteiger partial charge < -0.3 is 15.1 Å². The van der Waals surface area contributed by atoms with Gasteiger partial charge in [0.1, 0.15) is 0 Å². The van der Waals surface area contributed by atoms with E-state index in [0.29, 0.717) is 5.92 Å². The van der Waals surface area contributed by atoms with E-state index in [-0.39, 0.29) is 11.2 Å². The van der Waals surface area contributed by atoms with Gasteiger partial charge in [-0.3, -0.25) is 4.79 Å². The van der Waals surface area contributed by atoms with Gasteiger partial charge in [0.15, 0.2) is 0 Å². The molecule has 1 saturated heterocycles. The van der Waals surface area contributed by atoms with E-state index in [1.54, 1.807) is 11.8 Å². The van der Waals surface area contributed by atoms with Crippen molar-refractivity contribution in [3.8, 4) is 0 Å². The number of likely N-dealkylation sites (N-methyl/N-ethyl adjacent to an activating group) is 1. The zero-order valence-electron chi connectivity index (χ0n) is 15.2. The molecule has 1 heterocycles. The summed E-state index contributed by atoms with van der Waals surface area (Å²) in [5.41, 5.74) is 0. The number of carbonyl (C=O) groups excluding carboxylic acids is 1. The first-order chi connectivity index (χ1) is 11.6. The van der Waals surface area contributed by atoms with Crippen LogP contribution in [0.25, 0.3) is 0 Å². The molecule has 0 aliphatic carbocycles. The van der Waals surface area contributed by atoms with Gasteiger partial charge in [-0.05, 0) is 31.5 Å². The largest absolute Gasteiger partial charge is 0.355 e. The molecule has 0 aromatic heterocycles. The topological polar surface area (TPSA) is 35.6 Å². The van der Waals surface area contributed by atoms with Gasteiger partial charge in [-0.2, -0.15) is 0 Å². The highest BCUT2D eigenvalue weighted by molar-refractivity contribution is 8.00. The summed E-state index contributed by atoms with van der Waals surface area (Å²) >= 11 is 1.61. The summed E-state index contributed by atoms with van der Waals surface area (Å²) in [6, 6.07) is 10.1. The third-order valence-electron chi connectivity index (χ3n) is 4.53. The van der Waals surface area contributed by atoms with E-state index in [4.69, 9.17) is 0 Å². The van der Waals surface area contributed by atoms with Crippen LogP contribution in [0.1, 0.15) is 20.8 Å². The van der Waals surface area contributed by atoms with Crippen LogP contribution in [0.5, 0.6) is 0 Å². The van der Waals surface area contributed by atoms with Crippen molar-refractivity contribution in [3.63, 3.8) is 0 Å². The second-order valence-electron chi connectivity index (χ2n) is 6.66. The van der Waals surface area contributed by atoms with Crippen LogP contribution in [0.15, 0.2) is 35.2 Å². The lowest BCUT2D eigenvalue weighted by Crippen LogP contribution is -2.48. The fourth-order valence-corrected chi connectivity index (χ4v) is 3.88. The Morgan fingerprint density at radius 2 is 1.75 bits per heavy atom. The highest BCUT2D eigenvalue weighted by Gasteiger charge is 2.19. The first-order valence-corrected chi connectivity index (χ1v) is 9.90. The number of benzene rings is 1. The molecule has 1 aromatic carbocycles. The average Bonchev–Trinajstić information content (AvgIpc) is 2.61. The van der Waals surface area contributed by atoms with E-state index >= 15 is 0 Å². The van der Waals surface area contributed by atoms with Crippen molar-refractivity contribution in [2.24, 2.45) is 5.92 Å². The number of carbonyl (C=O) groups is 1. The van der Waals surface area contributed by atoms with Crippen LogP contribution in [0.2, 0.25) is 0 Å². The fraction of sp³-hybridized carbons (Fsp3) is 0.632. The molecule has 0 bridgehead atoms. The van der Waals surface area contributed by atoms with Gasteiger partial charge in [0.25, 0.3) is 0 Å². The summed E-state index contributed by atoms with van der Waals surface area (Å²) < 4.78 is 0. The van der Waals surface area contributed by atoms with Crippen molar-refractivity contribution in [1.29, 1.82) is 0 Å². The summed E-state index contributed by atoms with van der Waals surface area (Å²) in [7, 11) is 0. The van der Waals surface area contributed by atoms with Gasteiger partial charge in [-0.25, -0.2) is 0 Å². The van der Waals surface area contributed by atoms with Crippen molar-refractivity contribution in [2.45, 2.75) is 30.9 Å². The van der Waals surface area contributed by atoms with E-state index in [2.05, 4.69) is 29.0 Å². The molecule has 1 N–H and O–H groups in total. The van der Waals surface area contributed by atoms with Crippen LogP contribution in [0.4, 0.5) is 0 Å². The van der Waals surface area contributed by atoms with Crippen LogP contribution in [-0.4, -0.2) is 66.8 Å². The van der Waals surface area contributed by atoms with E-state index in [1.807, 2.05) is 37.3 Å². The Morgan fingerprint density at radius 1 is 1.12 bits per heavy atom. The predicted molar refractivity (Wildman–Crippen MR) is 102 cm³/mol. The molecule has 1 amide bonds. The van der Waals surface area contributed by atoms with Gasteiger partial charge in [0.05, 0.1) is 5.25 Å². The smallest absolute Gasteiger partial charge is 0.233 e. The lowest BCUT2D eigenvalue weighted by Gasteiger charge is -2.35. The second-order valence-corrected chi connectivity index (χ2v) is 8.07. The minimum absolute atomic E-state index is 0.0623. The van der Waals surface area contributed by atoms with E-state index in [0.717, 1.165) is 37.6 Å². The Hall–Kier alpha value is -1.04. The van der Waals surface area contributed by atoms with Crippen LogP contribution in [0, 0.1) is 5.92 Å². The minimum Gasteiger partial charge on any atom is -0.355 e. The maximum Gasteiger partial charge on any atom is 0.233 e. The molecule has 4 nitrogen and oxygen atoms in total. The molecule has 134 valence electrons. The highest BCUT2D eigenvalue weighted by atomic mass is 32.2. The summed E-state index contributed by atoms with van der Waals surface area (Å²) in [6.45, 7) is 14.0. The molecule has 24 heavy (non-hydrogen) atoms. The van der Waals surface area contributed by atoms with Crippen molar-refractivity contribution in [1.82, 2.24) is 15.1 Å². The lowest BCUT2D eigenvalue weighted by atomic mass is 10.1. The molecular weight excluding hydrogens is 318 g/mol. The Bertz CT molecular complexity index is 489. The van der Waals surface area contributed by atoms with Gasteiger partial charge >= 0.3 is 0 Å². The number of hydrogen-bond acceptors (Lipinski definition) is 4. The van der Waals surface area contributed by atoms with E-state index < -0.39 is 0 Å². The summed E-state index contributed by atoms with van der Waals surface area (Å²) in [5, 5.41) is 3.05. The molecule has 1 aromatic rings. The third-order valence-corrected chi connectivity index (χ3v) is 5.64. The second kappa shape index (κ2) is 10.1. The van der Waals surface area contributed by atoms with Crippen molar-refractivity contribution >= 4 is 17.7 Å². The highest BCUT2D eigenvalue weighted by Crippen LogP contribution is 2.22. The molecule has 1 aliphatic rings. The molecule has 2 atom stereocenters. The molecule has 0 spiro atoms. The fourth-order valence-electron chi connectivity index (χ4n) is 2.97. The first-order valence-electron chi connectivity index (χ1n) is 9.02. The number of rotatable bonds is 8. The van der Waals surface area contributed by atoms with Crippen molar-refractivity contribution in [3.05, 3.63) is 30.3 Å². The van der Waals surface area contributed by atoms with Crippen molar-refractivity contribution < 1.29 is 4.79 Å². The van der Waals surface area contributed by atoms with Gasteiger partial charge in [0, 0.05) is 44.2 Å². The van der Waals surface area contributed by atoms with Crippen molar-refractivity contribution in [2.75, 3.05) is 45.8 Å². The lowest BCUT2D eigenvalue weighted by molar-refractivity contribution is -0.120. The quantitative estimate of drug-likeness (QED) is 0.732. The average molecular weight is 350 g/mol. The maximum atomic E-state index is 12.3. The molecule has 1 aliphatic heterocycles. The Balaban J connectivity index is 1.65. The van der Waals surface area contributed by atoms with E-state index in [9.17, 15) is 4.79 Å². The Labute approximate surface area is 151 Å². The van der Waals surface area contributed by atoms with Gasteiger partial charge in [0.2, 0.25) is 5.91 Å². The SMILES string of the molecule is CCN1CCN(CC(C)CNC(=O)C(C)Sc2ccccc2)CC1. The standard InChI is InChI=1S/C19H31N3OS/c1-4-21-10-12-22(13-11-21)15-16(2)14-20-19(23)17(3)24-18-8-6-5-7-9-18/h5-9,16-17H,4,10-15H2,1-3H3,(H,20,23). The van der Waals surface area contributed by atoms with Crippen LogP contribution >= 0.6 is 11.8 Å². The molecule has 2 unspecified atom stereocenters. The molecular formula is C19H31N3OS. The summed E-state index contributed by atoms with van der Waals surface area (Å²) in [6.07, 6.45) is 0. The number of thioether (sulfide) groups is 1. The predicted octanol–water partition coefficient (Wildman–Crippen LogP) is 2.56. The Morgan fingerprint density at radius 3 is 2.38 bits per heavy atom. The zero-order chi connectivity index (χ0) is 17.4. The molecule has 1 fully saturated rings. The van der Waals surface area contributed by atoms with Crippen LogP contribution in [0.3, 0.4) is 0 Å². The van der Waals surface area contributed by atoms with Gasteiger partial charge in [-0.15, -0.1) is 11.8 Å². The monoisotopic (exact) mass is 349 g/mol. The number of amides is 1.